The summed E-state index contributed by atoms with van der Waals surface area (Å²) in [7, 11) is 2.12. The van der Waals surface area contributed by atoms with E-state index in [-0.39, 0.29) is 0 Å². The average molecular weight is 607 g/mol. The summed E-state index contributed by atoms with van der Waals surface area (Å²) < 4.78 is 0. The largest absolute Gasteiger partial charge is 0.363 e. The zero-order valence-corrected chi connectivity index (χ0v) is 26.1. The smallest absolute Gasteiger partial charge is 0.224 e. The van der Waals surface area contributed by atoms with Crippen LogP contribution in [0, 0.1) is 13.8 Å². The Hall–Kier alpha value is -4.54. The molecule has 1 aliphatic heterocycles. The number of anilines is 5. The van der Waals surface area contributed by atoms with Crippen molar-refractivity contribution in [2.24, 2.45) is 10.2 Å². The van der Waals surface area contributed by atoms with Gasteiger partial charge in [0.25, 0.3) is 0 Å². The van der Waals surface area contributed by atoms with E-state index < -0.39 is 0 Å². The molecule has 3 aromatic carbocycles. The molecule has 0 bridgehead atoms. The first-order valence-corrected chi connectivity index (χ1v) is 16.0. The lowest BCUT2D eigenvalue weighted by atomic mass is 10.1. The predicted octanol–water partition coefficient (Wildman–Crippen LogP) is 9.61. The van der Waals surface area contributed by atoms with Crippen LogP contribution in [0.25, 0.3) is 12.2 Å². The van der Waals surface area contributed by atoms with Crippen molar-refractivity contribution in [1.29, 1.82) is 0 Å². The van der Waals surface area contributed by atoms with Crippen molar-refractivity contribution in [3.63, 3.8) is 0 Å². The Bertz CT molecular complexity index is 1730. The molecule has 8 nitrogen and oxygen atoms in total. The van der Waals surface area contributed by atoms with Gasteiger partial charge in [0, 0.05) is 25.8 Å². The molecule has 43 heavy (non-hydrogen) atoms. The Morgan fingerprint density at radius 2 is 1.65 bits per heavy atom. The van der Waals surface area contributed by atoms with Gasteiger partial charge in [0.05, 0.1) is 27.1 Å². The van der Waals surface area contributed by atoms with E-state index in [0.717, 1.165) is 57.5 Å². The minimum Gasteiger partial charge on any atom is -0.363 e. The average Bonchev–Trinajstić information content (AvgIpc) is 3.82. The highest BCUT2D eigenvalue weighted by atomic mass is 32.1. The van der Waals surface area contributed by atoms with Crippen molar-refractivity contribution in [2.45, 2.75) is 26.7 Å². The van der Waals surface area contributed by atoms with E-state index in [1.165, 1.54) is 34.2 Å². The van der Waals surface area contributed by atoms with Crippen molar-refractivity contribution in [3.8, 4) is 0 Å². The summed E-state index contributed by atoms with van der Waals surface area (Å²) in [6, 6.07) is 26.8. The number of benzene rings is 3. The Balaban J connectivity index is 1.05. The molecular weight excluding hydrogens is 573 g/mol. The highest BCUT2D eigenvalue weighted by molar-refractivity contribution is 7.20. The van der Waals surface area contributed by atoms with Crippen molar-refractivity contribution >= 4 is 72.7 Å². The molecule has 5 aromatic rings. The van der Waals surface area contributed by atoms with Crippen molar-refractivity contribution in [1.82, 2.24) is 10.2 Å². The Morgan fingerprint density at radius 3 is 2.44 bits per heavy atom. The molecule has 10 heteroatoms. The van der Waals surface area contributed by atoms with Crippen LogP contribution in [0.3, 0.4) is 0 Å². The quantitative estimate of drug-likeness (QED) is 0.122. The zero-order chi connectivity index (χ0) is 29.6. The minimum absolute atomic E-state index is 0.687. The van der Waals surface area contributed by atoms with E-state index in [1.54, 1.807) is 0 Å². The SMILES string of the molecule is Cc1cc(N(C)c2ccc(N3CCCC3)s2)ccc1/N=N/c1ccc(NNc2nnc(/C=C/c3ccccc3)s2)c(C)c1. The van der Waals surface area contributed by atoms with Crippen LogP contribution in [0.15, 0.2) is 89.1 Å². The molecule has 3 heterocycles. The van der Waals surface area contributed by atoms with Crippen LogP contribution < -0.4 is 20.7 Å². The van der Waals surface area contributed by atoms with Gasteiger partial charge in [-0.1, -0.05) is 47.7 Å². The molecule has 1 aliphatic rings. The second-order valence-electron chi connectivity index (χ2n) is 10.5. The number of azo groups is 1. The van der Waals surface area contributed by atoms with E-state index in [2.05, 4.69) is 91.4 Å². The summed E-state index contributed by atoms with van der Waals surface area (Å²) in [6.07, 6.45) is 6.57. The normalized spacial score (nSPS) is 13.3. The van der Waals surface area contributed by atoms with Gasteiger partial charge in [-0.05, 0) is 98.0 Å². The summed E-state index contributed by atoms with van der Waals surface area (Å²) in [4.78, 5) is 4.72. The van der Waals surface area contributed by atoms with E-state index in [4.69, 9.17) is 0 Å². The maximum absolute atomic E-state index is 4.56. The fourth-order valence-electron chi connectivity index (χ4n) is 4.86. The second-order valence-corrected chi connectivity index (χ2v) is 12.5. The topological polar surface area (TPSA) is 81.0 Å². The fraction of sp³-hybridized carbons (Fsp3) is 0.212. The highest BCUT2D eigenvalue weighted by Gasteiger charge is 2.16. The van der Waals surface area contributed by atoms with Gasteiger partial charge < -0.3 is 9.80 Å². The molecule has 0 amide bonds. The predicted molar refractivity (Wildman–Crippen MR) is 183 cm³/mol. The highest BCUT2D eigenvalue weighted by Crippen LogP contribution is 2.38. The molecule has 0 atom stereocenters. The molecule has 6 rings (SSSR count). The number of nitrogens with one attached hydrogen (secondary N) is 2. The molecule has 218 valence electrons. The van der Waals surface area contributed by atoms with Gasteiger partial charge in [0.15, 0.2) is 0 Å². The van der Waals surface area contributed by atoms with Crippen molar-refractivity contribution in [3.05, 3.63) is 101 Å². The standard InChI is InChI=1S/C33H34N8S2/c1-23-21-26(12-14-28(23)36-38-33-39-37-30(42-33)16-11-25-9-5-4-6-10-25)34-35-29-15-13-27(22-24(29)2)40(3)31-17-18-32(43-31)41-19-7-8-20-41/h4-6,9-18,21-22,36H,7-8,19-20H2,1-3H3,(H,38,39)/b16-11+,35-34+. The van der Waals surface area contributed by atoms with Gasteiger partial charge >= 0.3 is 0 Å². The summed E-state index contributed by atoms with van der Waals surface area (Å²) in [5.41, 5.74) is 13.3. The van der Waals surface area contributed by atoms with Gasteiger partial charge in [-0.3, -0.25) is 10.9 Å². The van der Waals surface area contributed by atoms with E-state index in [9.17, 15) is 0 Å². The first-order chi connectivity index (χ1) is 21.0. The molecule has 0 unspecified atom stereocenters. The first-order valence-electron chi connectivity index (χ1n) is 14.3. The Kier molecular flexibility index (Phi) is 8.76. The molecule has 1 saturated heterocycles. The minimum atomic E-state index is 0.687. The number of nitrogens with zero attached hydrogens (tertiary/aromatic N) is 6. The van der Waals surface area contributed by atoms with Gasteiger partial charge in [0.2, 0.25) is 5.13 Å². The number of hydrazine groups is 1. The van der Waals surface area contributed by atoms with Gasteiger partial charge in [-0.25, -0.2) is 0 Å². The molecule has 0 spiro atoms. The van der Waals surface area contributed by atoms with Gasteiger partial charge in [-0.2, -0.15) is 10.2 Å². The monoisotopic (exact) mass is 606 g/mol. The number of hydrogen-bond acceptors (Lipinski definition) is 10. The lowest BCUT2D eigenvalue weighted by molar-refractivity contribution is 0.949. The molecule has 0 saturated carbocycles. The van der Waals surface area contributed by atoms with Crippen LogP contribution in [-0.4, -0.2) is 30.3 Å². The molecule has 2 aromatic heterocycles. The summed E-state index contributed by atoms with van der Waals surface area (Å²) in [5.74, 6) is 0. The maximum atomic E-state index is 4.56. The van der Waals surface area contributed by atoms with Gasteiger partial charge in [-0.15, -0.1) is 21.5 Å². The number of aryl methyl sites for hydroxylation is 2. The second kappa shape index (κ2) is 13.2. The molecule has 1 fully saturated rings. The van der Waals surface area contributed by atoms with Crippen LogP contribution in [0.1, 0.15) is 34.5 Å². The van der Waals surface area contributed by atoms with E-state index >= 15 is 0 Å². The van der Waals surface area contributed by atoms with E-state index in [0.29, 0.717) is 5.13 Å². The fourth-order valence-corrected chi connectivity index (χ4v) is 6.50. The van der Waals surface area contributed by atoms with Crippen LogP contribution in [-0.2, 0) is 0 Å². The van der Waals surface area contributed by atoms with Crippen LogP contribution in [0.4, 0.5) is 37.9 Å². The third-order valence-electron chi connectivity index (χ3n) is 7.34. The Morgan fingerprint density at radius 1 is 0.814 bits per heavy atom. The summed E-state index contributed by atoms with van der Waals surface area (Å²) in [6.45, 7) is 6.44. The third-order valence-corrected chi connectivity index (χ3v) is 9.37. The maximum Gasteiger partial charge on any atom is 0.224 e. The number of thiophene rings is 1. The molecule has 0 radical (unpaired) electrons. The lowest BCUT2D eigenvalue weighted by Crippen LogP contribution is -2.15. The number of hydrogen-bond donors (Lipinski definition) is 2. The lowest BCUT2D eigenvalue weighted by Gasteiger charge is -2.19. The first kappa shape index (κ1) is 28.6. The van der Waals surface area contributed by atoms with Crippen molar-refractivity contribution < 1.29 is 0 Å². The number of aromatic nitrogens is 2. The van der Waals surface area contributed by atoms with Crippen molar-refractivity contribution in [2.75, 3.05) is 40.8 Å². The summed E-state index contributed by atoms with van der Waals surface area (Å²) in [5, 5.41) is 21.6. The molecule has 2 N–H and O–H groups in total. The van der Waals surface area contributed by atoms with Crippen LogP contribution >= 0.6 is 22.7 Å². The van der Waals surface area contributed by atoms with Crippen LogP contribution in [0.2, 0.25) is 0 Å². The van der Waals surface area contributed by atoms with E-state index in [1.807, 2.05) is 72.9 Å². The zero-order valence-electron chi connectivity index (χ0n) is 24.5. The third kappa shape index (κ3) is 7.10. The Labute approximate surface area is 260 Å². The number of rotatable bonds is 10. The summed E-state index contributed by atoms with van der Waals surface area (Å²) >= 11 is 3.32. The molecule has 0 aliphatic carbocycles. The van der Waals surface area contributed by atoms with Crippen LogP contribution in [0.5, 0.6) is 0 Å². The van der Waals surface area contributed by atoms with Gasteiger partial charge in [0.1, 0.15) is 5.01 Å². The molecular formula is C33H34N8S2.